The first-order valence-corrected chi connectivity index (χ1v) is 8.36. The van der Waals surface area contributed by atoms with Crippen LogP contribution in [0.15, 0.2) is 23.1 Å². The van der Waals surface area contributed by atoms with Gasteiger partial charge in [0.25, 0.3) is 5.69 Å². The number of rotatable bonds is 7. The third-order valence-corrected chi connectivity index (χ3v) is 4.94. The molecule has 122 valence electrons. The van der Waals surface area contributed by atoms with Crippen molar-refractivity contribution in [2.24, 2.45) is 0 Å². The maximum atomic E-state index is 12.2. The van der Waals surface area contributed by atoms with E-state index in [1.807, 2.05) is 0 Å². The SMILES string of the molecule is COc1ccc(S(=O)(=O)NCCC2CCCO2)c([N+](=O)[O-])c1. The first-order chi connectivity index (χ1) is 10.4. The summed E-state index contributed by atoms with van der Waals surface area (Å²) in [4.78, 5) is 9.95. The fourth-order valence-electron chi connectivity index (χ4n) is 2.30. The van der Waals surface area contributed by atoms with Gasteiger partial charge in [0.1, 0.15) is 5.75 Å². The molecule has 1 saturated heterocycles. The number of ether oxygens (including phenoxy) is 2. The molecule has 1 aromatic rings. The molecule has 0 radical (unpaired) electrons. The fraction of sp³-hybridized carbons (Fsp3) is 0.538. The Morgan fingerprint density at radius 1 is 1.50 bits per heavy atom. The van der Waals surface area contributed by atoms with Gasteiger partial charge in [0.05, 0.1) is 24.2 Å². The maximum absolute atomic E-state index is 12.2. The van der Waals surface area contributed by atoms with Gasteiger partial charge >= 0.3 is 0 Å². The molecule has 1 N–H and O–H groups in total. The summed E-state index contributed by atoms with van der Waals surface area (Å²) in [6.45, 7) is 0.873. The molecule has 1 unspecified atom stereocenters. The van der Waals surface area contributed by atoms with Gasteiger partial charge in [0, 0.05) is 13.2 Å². The van der Waals surface area contributed by atoms with Crippen LogP contribution in [0, 0.1) is 10.1 Å². The quantitative estimate of drug-likeness (QED) is 0.599. The summed E-state index contributed by atoms with van der Waals surface area (Å²) in [6.07, 6.45) is 2.48. The molecule has 0 spiro atoms. The maximum Gasteiger partial charge on any atom is 0.293 e. The van der Waals surface area contributed by atoms with Crippen molar-refractivity contribution in [2.75, 3.05) is 20.3 Å². The number of benzene rings is 1. The zero-order chi connectivity index (χ0) is 16.2. The van der Waals surface area contributed by atoms with Gasteiger partial charge in [0.15, 0.2) is 4.90 Å². The predicted molar refractivity (Wildman–Crippen MR) is 78.4 cm³/mol. The normalized spacial score (nSPS) is 18.3. The Morgan fingerprint density at radius 3 is 2.86 bits per heavy atom. The van der Waals surface area contributed by atoms with Gasteiger partial charge in [-0.05, 0) is 31.4 Å². The Kier molecular flexibility index (Phi) is 5.33. The van der Waals surface area contributed by atoms with Crippen LogP contribution in [0.5, 0.6) is 5.75 Å². The summed E-state index contributed by atoms with van der Waals surface area (Å²) < 4.78 is 37.1. The second-order valence-electron chi connectivity index (χ2n) is 4.91. The van der Waals surface area contributed by atoms with Crippen molar-refractivity contribution in [3.8, 4) is 5.75 Å². The second-order valence-corrected chi connectivity index (χ2v) is 6.65. The van der Waals surface area contributed by atoms with Crippen molar-refractivity contribution < 1.29 is 22.8 Å². The third kappa shape index (κ3) is 3.93. The largest absolute Gasteiger partial charge is 0.497 e. The number of nitrogens with zero attached hydrogens (tertiary/aromatic N) is 1. The van der Waals surface area contributed by atoms with E-state index in [1.165, 1.54) is 19.2 Å². The smallest absolute Gasteiger partial charge is 0.293 e. The van der Waals surface area contributed by atoms with Crippen LogP contribution >= 0.6 is 0 Å². The van der Waals surface area contributed by atoms with Crippen molar-refractivity contribution in [3.05, 3.63) is 28.3 Å². The van der Waals surface area contributed by atoms with E-state index in [2.05, 4.69) is 4.72 Å². The summed E-state index contributed by atoms with van der Waals surface area (Å²) in [5, 5.41) is 11.1. The van der Waals surface area contributed by atoms with Crippen LogP contribution in [0.2, 0.25) is 0 Å². The molecule has 1 aliphatic heterocycles. The van der Waals surface area contributed by atoms with E-state index in [9.17, 15) is 18.5 Å². The number of hydrogen-bond acceptors (Lipinski definition) is 6. The molecule has 1 aromatic carbocycles. The van der Waals surface area contributed by atoms with Crippen molar-refractivity contribution >= 4 is 15.7 Å². The summed E-state index contributed by atoms with van der Waals surface area (Å²) in [6, 6.07) is 3.64. The minimum absolute atomic E-state index is 0.0496. The highest BCUT2D eigenvalue weighted by molar-refractivity contribution is 7.89. The number of sulfonamides is 1. The lowest BCUT2D eigenvalue weighted by molar-refractivity contribution is -0.387. The number of hydrogen-bond donors (Lipinski definition) is 1. The molecule has 0 bridgehead atoms. The van der Waals surface area contributed by atoms with Crippen molar-refractivity contribution in [1.29, 1.82) is 0 Å². The first-order valence-electron chi connectivity index (χ1n) is 6.88. The lowest BCUT2D eigenvalue weighted by atomic mass is 10.2. The lowest BCUT2D eigenvalue weighted by Crippen LogP contribution is -2.27. The van der Waals surface area contributed by atoms with E-state index in [0.29, 0.717) is 13.0 Å². The second kappa shape index (κ2) is 7.03. The Bertz CT molecular complexity index is 640. The van der Waals surface area contributed by atoms with E-state index in [4.69, 9.17) is 9.47 Å². The van der Waals surface area contributed by atoms with Gasteiger partial charge in [-0.25, -0.2) is 13.1 Å². The monoisotopic (exact) mass is 330 g/mol. The summed E-state index contributed by atoms with van der Waals surface area (Å²) in [7, 11) is -2.60. The van der Waals surface area contributed by atoms with Gasteiger partial charge in [0.2, 0.25) is 10.0 Å². The van der Waals surface area contributed by atoms with Crippen LogP contribution in [0.1, 0.15) is 19.3 Å². The van der Waals surface area contributed by atoms with E-state index >= 15 is 0 Å². The van der Waals surface area contributed by atoms with E-state index in [0.717, 1.165) is 18.9 Å². The Hall–Kier alpha value is -1.71. The lowest BCUT2D eigenvalue weighted by Gasteiger charge is -2.11. The van der Waals surface area contributed by atoms with Crippen LogP contribution in [0.25, 0.3) is 0 Å². The van der Waals surface area contributed by atoms with E-state index < -0.39 is 20.6 Å². The Balaban J connectivity index is 2.12. The van der Waals surface area contributed by atoms with Crippen LogP contribution in [0.4, 0.5) is 5.69 Å². The number of nitro groups is 1. The highest BCUT2D eigenvalue weighted by atomic mass is 32.2. The van der Waals surface area contributed by atoms with Gasteiger partial charge in [-0.3, -0.25) is 10.1 Å². The Morgan fingerprint density at radius 2 is 2.27 bits per heavy atom. The molecule has 0 amide bonds. The molecular formula is C13H18N2O6S. The zero-order valence-electron chi connectivity index (χ0n) is 12.1. The van der Waals surface area contributed by atoms with Crippen LogP contribution in [0.3, 0.4) is 0 Å². The molecule has 9 heteroatoms. The highest BCUT2D eigenvalue weighted by Crippen LogP contribution is 2.28. The van der Waals surface area contributed by atoms with Crippen LogP contribution in [-0.2, 0) is 14.8 Å². The standard InChI is InChI=1S/C13H18N2O6S/c1-20-11-4-5-13(12(9-11)15(16)17)22(18,19)14-7-6-10-3-2-8-21-10/h4-5,9-10,14H,2-3,6-8H2,1H3. The van der Waals surface area contributed by atoms with E-state index in [-0.39, 0.29) is 23.3 Å². The minimum atomic E-state index is -3.96. The topological polar surface area (TPSA) is 108 Å². The molecule has 8 nitrogen and oxygen atoms in total. The molecule has 1 aliphatic rings. The first kappa shape index (κ1) is 16.7. The molecule has 1 atom stereocenters. The number of nitro benzene ring substituents is 1. The summed E-state index contributed by atoms with van der Waals surface area (Å²) in [5.41, 5.74) is -0.510. The molecule has 0 aliphatic carbocycles. The average Bonchev–Trinajstić information content (AvgIpc) is 2.99. The van der Waals surface area contributed by atoms with Gasteiger partial charge in [-0.1, -0.05) is 0 Å². The molecule has 22 heavy (non-hydrogen) atoms. The molecule has 2 rings (SSSR count). The molecule has 0 saturated carbocycles. The summed E-state index contributed by atoms with van der Waals surface area (Å²) in [5.74, 6) is 0.227. The minimum Gasteiger partial charge on any atom is -0.497 e. The summed E-state index contributed by atoms with van der Waals surface area (Å²) >= 11 is 0. The van der Waals surface area contributed by atoms with Gasteiger partial charge in [-0.15, -0.1) is 0 Å². The molecule has 1 heterocycles. The van der Waals surface area contributed by atoms with Crippen molar-refractivity contribution in [3.63, 3.8) is 0 Å². The van der Waals surface area contributed by atoms with Gasteiger partial charge < -0.3 is 9.47 Å². The zero-order valence-corrected chi connectivity index (χ0v) is 13.0. The van der Waals surface area contributed by atoms with E-state index in [1.54, 1.807) is 0 Å². The molecular weight excluding hydrogens is 312 g/mol. The molecule has 0 aromatic heterocycles. The molecule has 1 fully saturated rings. The Labute approximate surface area is 128 Å². The van der Waals surface area contributed by atoms with Crippen LogP contribution in [-0.4, -0.2) is 39.7 Å². The highest BCUT2D eigenvalue weighted by Gasteiger charge is 2.26. The fourth-order valence-corrected chi connectivity index (χ4v) is 3.50. The van der Waals surface area contributed by atoms with Crippen molar-refractivity contribution in [2.45, 2.75) is 30.3 Å². The van der Waals surface area contributed by atoms with Crippen LogP contribution < -0.4 is 9.46 Å². The van der Waals surface area contributed by atoms with Gasteiger partial charge in [-0.2, -0.15) is 0 Å². The van der Waals surface area contributed by atoms with Crippen molar-refractivity contribution in [1.82, 2.24) is 4.72 Å². The number of methoxy groups -OCH3 is 1. The predicted octanol–water partition coefficient (Wildman–Crippen LogP) is 1.45. The number of nitrogens with one attached hydrogen (secondary N) is 1. The average molecular weight is 330 g/mol. The third-order valence-electron chi connectivity index (χ3n) is 3.43.